The molecule has 0 radical (unpaired) electrons. The zero-order chi connectivity index (χ0) is 13.7. The van der Waals surface area contributed by atoms with Gasteiger partial charge in [0, 0.05) is 19.0 Å². The largest absolute Gasteiger partial charge is 0.480 e. The number of likely N-dealkylation sites (tertiary alicyclic amines) is 1. The van der Waals surface area contributed by atoms with Crippen molar-refractivity contribution in [3.05, 3.63) is 0 Å². The fourth-order valence-electron chi connectivity index (χ4n) is 2.56. The summed E-state index contributed by atoms with van der Waals surface area (Å²) in [5.41, 5.74) is 0. The van der Waals surface area contributed by atoms with Gasteiger partial charge < -0.3 is 10.4 Å². The quantitative estimate of drug-likeness (QED) is 0.772. The summed E-state index contributed by atoms with van der Waals surface area (Å²) in [6.07, 6.45) is 2.33. The monoisotopic (exact) mass is 256 g/mol. The first-order chi connectivity index (χ1) is 8.41. The molecule has 1 aliphatic rings. The van der Waals surface area contributed by atoms with E-state index in [1.165, 1.54) is 0 Å². The van der Waals surface area contributed by atoms with Crippen molar-refractivity contribution in [3.8, 4) is 0 Å². The first-order valence-electron chi connectivity index (χ1n) is 6.68. The van der Waals surface area contributed by atoms with Gasteiger partial charge in [0.15, 0.2) is 0 Å². The molecule has 0 aromatic rings. The Balaban J connectivity index is 2.48. The molecule has 104 valence electrons. The number of aliphatic carboxylic acids is 1. The van der Waals surface area contributed by atoms with Crippen molar-refractivity contribution in [1.29, 1.82) is 0 Å². The zero-order valence-corrected chi connectivity index (χ0v) is 11.5. The third-order valence-electron chi connectivity index (χ3n) is 3.37. The summed E-state index contributed by atoms with van der Waals surface area (Å²) in [6.45, 7) is 7.11. The van der Waals surface area contributed by atoms with Crippen molar-refractivity contribution in [2.24, 2.45) is 5.92 Å². The minimum Gasteiger partial charge on any atom is -0.480 e. The molecule has 1 fully saturated rings. The van der Waals surface area contributed by atoms with Gasteiger partial charge in [-0.3, -0.25) is 14.5 Å². The first-order valence-corrected chi connectivity index (χ1v) is 6.68. The van der Waals surface area contributed by atoms with Crippen molar-refractivity contribution in [1.82, 2.24) is 10.2 Å². The predicted molar refractivity (Wildman–Crippen MR) is 69.3 cm³/mol. The summed E-state index contributed by atoms with van der Waals surface area (Å²) in [5, 5.41) is 12.1. The number of rotatable bonds is 5. The number of carboxylic acid groups (broad SMARTS) is 1. The SMILES string of the molecule is CC(C)NC(=O)CCN1CCCC(C)C1C(=O)O. The van der Waals surface area contributed by atoms with E-state index in [0.29, 0.717) is 13.0 Å². The van der Waals surface area contributed by atoms with Gasteiger partial charge in [0.1, 0.15) is 6.04 Å². The lowest BCUT2D eigenvalue weighted by molar-refractivity contribution is -0.147. The maximum absolute atomic E-state index is 11.6. The number of amides is 1. The standard InChI is InChI=1S/C13H24N2O3/c1-9(2)14-11(16)6-8-15-7-4-5-10(3)12(15)13(17)18/h9-10,12H,4-8H2,1-3H3,(H,14,16)(H,17,18). The van der Waals surface area contributed by atoms with Gasteiger partial charge in [-0.15, -0.1) is 0 Å². The smallest absolute Gasteiger partial charge is 0.321 e. The number of carboxylic acids is 1. The summed E-state index contributed by atoms with van der Waals surface area (Å²) in [6, 6.07) is -0.307. The highest BCUT2D eigenvalue weighted by Crippen LogP contribution is 2.23. The Morgan fingerprint density at radius 3 is 2.67 bits per heavy atom. The molecule has 5 heteroatoms. The van der Waals surface area contributed by atoms with Crippen molar-refractivity contribution >= 4 is 11.9 Å². The first kappa shape index (κ1) is 15.0. The summed E-state index contributed by atoms with van der Waals surface area (Å²) >= 11 is 0. The molecule has 0 aromatic carbocycles. The molecule has 2 N–H and O–H groups in total. The van der Waals surface area contributed by atoms with E-state index in [0.717, 1.165) is 19.4 Å². The molecule has 0 spiro atoms. The molecule has 0 saturated carbocycles. The van der Waals surface area contributed by atoms with E-state index in [4.69, 9.17) is 0 Å². The average molecular weight is 256 g/mol. The van der Waals surface area contributed by atoms with Crippen LogP contribution < -0.4 is 5.32 Å². The lowest BCUT2D eigenvalue weighted by Gasteiger charge is -2.37. The predicted octanol–water partition coefficient (Wildman–Crippen LogP) is 1.09. The Hall–Kier alpha value is -1.10. The molecule has 1 amide bonds. The third-order valence-corrected chi connectivity index (χ3v) is 3.37. The van der Waals surface area contributed by atoms with Crippen LogP contribution in [0.2, 0.25) is 0 Å². The Kier molecular flexibility index (Phi) is 5.59. The van der Waals surface area contributed by atoms with Crippen LogP contribution in [0.15, 0.2) is 0 Å². The number of hydrogen-bond acceptors (Lipinski definition) is 3. The summed E-state index contributed by atoms with van der Waals surface area (Å²) in [7, 11) is 0. The van der Waals surface area contributed by atoms with Gasteiger partial charge >= 0.3 is 5.97 Å². The topological polar surface area (TPSA) is 69.6 Å². The molecule has 2 unspecified atom stereocenters. The Morgan fingerprint density at radius 1 is 1.44 bits per heavy atom. The molecular weight excluding hydrogens is 232 g/mol. The van der Waals surface area contributed by atoms with E-state index >= 15 is 0 Å². The van der Waals surface area contributed by atoms with Crippen LogP contribution in [0, 0.1) is 5.92 Å². The van der Waals surface area contributed by atoms with Crippen LogP contribution in [0.1, 0.15) is 40.0 Å². The minimum atomic E-state index is -0.772. The van der Waals surface area contributed by atoms with Crippen LogP contribution in [0.5, 0.6) is 0 Å². The summed E-state index contributed by atoms with van der Waals surface area (Å²) in [4.78, 5) is 24.8. The van der Waals surface area contributed by atoms with Gasteiger partial charge in [0.05, 0.1) is 0 Å². The second-order valence-corrected chi connectivity index (χ2v) is 5.41. The van der Waals surface area contributed by atoms with E-state index < -0.39 is 12.0 Å². The van der Waals surface area contributed by atoms with E-state index in [1.807, 2.05) is 25.7 Å². The van der Waals surface area contributed by atoms with Crippen molar-refractivity contribution in [3.63, 3.8) is 0 Å². The van der Waals surface area contributed by atoms with Crippen LogP contribution in [0.3, 0.4) is 0 Å². The highest BCUT2D eigenvalue weighted by Gasteiger charge is 2.33. The molecule has 5 nitrogen and oxygen atoms in total. The normalized spacial score (nSPS) is 25.1. The highest BCUT2D eigenvalue weighted by atomic mass is 16.4. The van der Waals surface area contributed by atoms with Crippen LogP contribution in [-0.4, -0.2) is 47.1 Å². The van der Waals surface area contributed by atoms with E-state index in [9.17, 15) is 14.7 Å². The average Bonchev–Trinajstić information content (AvgIpc) is 2.24. The molecular formula is C13H24N2O3. The van der Waals surface area contributed by atoms with Gasteiger partial charge in [-0.1, -0.05) is 6.92 Å². The fourth-order valence-corrected chi connectivity index (χ4v) is 2.56. The molecule has 1 heterocycles. The molecule has 0 bridgehead atoms. The maximum Gasteiger partial charge on any atom is 0.321 e. The van der Waals surface area contributed by atoms with Crippen molar-refractivity contribution < 1.29 is 14.7 Å². The molecule has 1 aliphatic heterocycles. The molecule has 18 heavy (non-hydrogen) atoms. The number of nitrogens with one attached hydrogen (secondary N) is 1. The Bertz CT molecular complexity index is 305. The molecule has 1 saturated heterocycles. The zero-order valence-electron chi connectivity index (χ0n) is 11.5. The van der Waals surface area contributed by atoms with Gasteiger partial charge in [-0.05, 0) is 39.2 Å². The highest BCUT2D eigenvalue weighted by molar-refractivity contribution is 5.77. The summed E-state index contributed by atoms with van der Waals surface area (Å²) in [5.74, 6) is -0.622. The lowest BCUT2D eigenvalue weighted by atomic mass is 9.90. The Labute approximate surface area is 109 Å². The number of carbonyl (C=O) groups is 2. The van der Waals surface area contributed by atoms with Crippen LogP contribution in [0.25, 0.3) is 0 Å². The van der Waals surface area contributed by atoms with Crippen LogP contribution in [0.4, 0.5) is 0 Å². The van der Waals surface area contributed by atoms with E-state index in [1.54, 1.807) is 0 Å². The van der Waals surface area contributed by atoms with E-state index in [2.05, 4.69) is 5.32 Å². The van der Waals surface area contributed by atoms with E-state index in [-0.39, 0.29) is 17.9 Å². The van der Waals surface area contributed by atoms with Crippen LogP contribution >= 0.6 is 0 Å². The molecule has 0 aromatic heterocycles. The molecule has 2 atom stereocenters. The maximum atomic E-state index is 11.6. The fraction of sp³-hybridized carbons (Fsp3) is 0.846. The molecule has 1 rings (SSSR count). The van der Waals surface area contributed by atoms with Crippen molar-refractivity contribution in [2.75, 3.05) is 13.1 Å². The number of piperidine rings is 1. The Morgan fingerprint density at radius 2 is 2.11 bits per heavy atom. The van der Waals surface area contributed by atoms with Gasteiger partial charge in [-0.2, -0.15) is 0 Å². The number of nitrogens with zero attached hydrogens (tertiary/aromatic N) is 1. The second kappa shape index (κ2) is 6.73. The van der Waals surface area contributed by atoms with Gasteiger partial charge in [0.2, 0.25) is 5.91 Å². The van der Waals surface area contributed by atoms with Gasteiger partial charge in [0.25, 0.3) is 0 Å². The molecule has 0 aliphatic carbocycles. The third kappa shape index (κ3) is 4.29. The summed E-state index contributed by atoms with van der Waals surface area (Å²) < 4.78 is 0. The number of carbonyl (C=O) groups excluding carboxylic acids is 1. The number of hydrogen-bond donors (Lipinski definition) is 2. The minimum absolute atomic E-state index is 0.00707. The van der Waals surface area contributed by atoms with Crippen molar-refractivity contribution in [2.45, 2.75) is 52.1 Å². The van der Waals surface area contributed by atoms with Gasteiger partial charge in [-0.25, -0.2) is 0 Å². The van der Waals surface area contributed by atoms with Crippen LogP contribution in [-0.2, 0) is 9.59 Å². The lowest BCUT2D eigenvalue weighted by Crippen LogP contribution is -2.50. The second-order valence-electron chi connectivity index (χ2n) is 5.41.